The molecule has 1 aromatic carbocycles. The first-order chi connectivity index (χ1) is 11.1. The minimum Gasteiger partial charge on any atom is -0.352 e. The van der Waals surface area contributed by atoms with Crippen molar-refractivity contribution in [3.8, 4) is 0 Å². The third-order valence-corrected chi connectivity index (χ3v) is 4.89. The van der Waals surface area contributed by atoms with Crippen LogP contribution in [-0.4, -0.2) is 35.3 Å². The van der Waals surface area contributed by atoms with Gasteiger partial charge in [-0.05, 0) is 43.2 Å². The van der Waals surface area contributed by atoms with Gasteiger partial charge in [0.2, 0.25) is 5.91 Å². The number of benzene rings is 1. The first kappa shape index (κ1) is 14.2. The number of hydrogen-bond acceptors (Lipinski definition) is 3. The lowest BCUT2D eigenvalue weighted by atomic mass is 9.76. The summed E-state index contributed by atoms with van der Waals surface area (Å²) in [5.41, 5.74) is 0.970. The lowest BCUT2D eigenvalue weighted by Crippen LogP contribution is -2.47. The van der Waals surface area contributed by atoms with Gasteiger partial charge in [-0.25, -0.2) is 4.79 Å². The Hall–Kier alpha value is -2.37. The fraction of sp³-hybridized carbons (Fsp3) is 0.471. The van der Waals surface area contributed by atoms with Gasteiger partial charge in [-0.2, -0.15) is 0 Å². The first-order valence-electron chi connectivity index (χ1n) is 8.12. The number of fused-ring (bicyclic) bond motifs is 2. The first-order valence-corrected chi connectivity index (χ1v) is 8.12. The highest BCUT2D eigenvalue weighted by atomic mass is 16.2. The lowest BCUT2D eigenvalue weighted by molar-refractivity contribution is -0.135. The standard InChI is InChI=1S/C17H19N3O3/c21-14(18-12-7-8-12)10-20-15(22)17(19-16(20)23)9-3-5-11-4-1-2-6-13(11)17/h1-2,4,6,12H,3,5,7-10H2,(H,18,21)(H,19,23)/t17-/m1/s1. The van der Waals surface area contributed by atoms with Crippen LogP contribution in [0.4, 0.5) is 4.79 Å². The maximum absolute atomic E-state index is 13.0. The van der Waals surface area contributed by atoms with Crippen LogP contribution >= 0.6 is 0 Å². The summed E-state index contributed by atoms with van der Waals surface area (Å²) in [7, 11) is 0. The van der Waals surface area contributed by atoms with Gasteiger partial charge in [0.1, 0.15) is 12.1 Å². The molecule has 1 heterocycles. The van der Waals surface area contributed by atoms with Crippen molar-refractivity contribution < 1.29 is 14.4 Å². The second-order valence-electron chi connectivity index (χ2n) is 6.58. The molecule has 1 aliphatic heterocycles. The van der Waals surface area contributed by atoms with Gasteiger partial charge in [-0.1, -0.05) is 24.3 Å². The smallest absolute Gasteiger partial charge is 0.325 e. The minimum absolute atomic E-state index is 0.203. The van der Waals surface area contributed by atoms with E-state index in [4.69, 9.17) is 0 Å². The predicted molar refractivity (Wildman–Crippen MR) is 82.5 cm³/mol. The molecule has 1 spiro atoms. The fourth-order valence-electron chi connectivity index (χ4n) is 3.60. The van der Waals surface area contributed by atoms with Gasteiger partial charge in [-0.15, -0.1) is 0 Å². The molecule has 4 amide bonds. The summed E-state index contributed by atoms with van der Waals surface area (Å²) in [6, 6.07) is 7.47. The van der Waals surface area contributed by atoms with Crippen LogP contribution in [0.5, 0.6) is 0 Å². The van der Waals surface area contributed by atoms with Crippen LogP contribution in [0.1, 0.15) is 36.8 Å². The number of rotatable bonds is 3. The largest absolute Gasteiger partial charge is 0.352 e. The number of carbonyl (C=O) groups excluding carboxylic acids is 3. The van der Waals surface area contributed by atoms with Crippen molar-refractivity contribution in [3.05, 3.63) is 35.4 Å². The molecule has 3 aliphatic rings. The monoisotopic (exact) mass is 313 g/mol. The number of urea groups is 1. The summed E-state index contributed by atoms with van der Waals surface area (Å²) >= 11 is 0. The van der Waals surface area contributed by atoms with Gasteiger partial charge in [0.25, 0.3) is 5.91 Å². The van der Waals surface area contributed by atoms with E-state index in [9.17, 15) is 14.4 Å². The number of carbonyl (C=O) groups is 3. The average Bonchev–Trinajstić information content (AvgIpc) is 3.32. The molecule has 0 radical (unpaired) electrons. The van der Waals surface area contributed by atoms with Gasteiger partial charge in [0.05, 0.1) is 0 Å². The van der Waals surface area contributed by atoms with Gasteiger partial charge >= 0.3 is 6.03 Å². The highest BCUT2D eigenvalue weighted by Crippen LogP contribution is 2.39. The molecule has 0 unspecified atom stereocenters. The maximum Gasteiger partial charge on any atom is 0.325 e. The van der Waals surface area contributed by atoms with Crippen molar-refractivity contribution in [3.63, 3.8) is 0 Å². The van der Waals surface area contributed by atoms with E-state index >= 15 is 0 Å². The van der Waals surface area contributed by atoms with Crippen LogP contribution in [0.25, 0.3) is 0 Å². The van der Waals surface area contributed by atoms with E-state index in [1.807, 2.05) is 24.3 Å². The summed E-state index contributed by atoms with van der Waals surface area (Å²) in [6.07, 6.45) is 4.27. The van der Waals surface area contributed by atoms with E-state index in [0.717, 1.165) is 41.7 Å². The zero-order valence-corrected chi connectivity index (χ0v) is 12.8. The summed E-state index contributed by atoms with van der Waals surface area (Å²) in [5.74, 6) is -0.572. The zero-order valence-electron chi connectivity index (χ0n) is 12.8. The minimum atomic E-state index is -0.994. The van der Waals surface area contributed by atoms with Gasteiger partial charge in [0.15, 0.2) is 0 Å². The number of imide groups is 1. The molecule has 1 aromatic rings. The second kappa shape index (κ2) is 5.08. The van der Waals surface area contributed by atoms with Crippen LogP contribution < -0.4 is 10.6 Å². The highest BCUT2D eigenvalue weighted by molar-refractivity contribution is 6.09. The Morgan fingerprint density at radius 2 is 2.09 bits per heavy atom. The molecule has 6 heteroatoms. The Labute approximate surface area is 134 Å². The Bertz CT molecular complexity index is 698. The normalized spacial score (nSPS) is 26.2. The average molecular weight is 313 g/mol. The topological polar surface area (TPSA) is 78.5 Å². The molecule has 1 saturated carbocycles. The van der Waals surface area contributed by atoms with Crippen molar-refractivity contribution in [1.82, 2.24) is 15.5 Å². The van der Waals surface area contributed by atoms with Crippen molar-refractivity contribution in [2.75, 3.05) is 6.54 Å². The third kappa shape index (κ3) is 2.29. The molecule has 23 heavy (non-hydrogen) atoms. The van der Waals surface area contributed by atoms with Crippen LogP contribution in [0, 0.1) is 0 Å². The van der Waals surface area contributed by atoms with Gasteiger partial charge in [0, 0.05) is 6.04 Å². The lowest BCUT2D eigenvalue weighted by Gasteiger charge is -2.33. The summed E-state index contributed by atoms with van der Waals surface area (Å²) in [6.45, 7) is -0.203. The van der Waals surface area contributed by atoms with Crippen LogP contribution in [0.2, 0.25) is 0 Å². The SMILES string of the molecule is O=C(CN1C(=O)N[C@@]2(CCCc3ccccc32)C1=O)NC1CC1. The van der Waals surface area contributed by atoms with E-state index in [1.165, 1.54) is 0 Å². The van der Waals surface area contributed by atoms with E-state index < -0.39 is 11.6 Å². The van der Waals surface area contributed by atoms with E-state index in [0.29, 0.717) is 6.42 Å². The molecule has 120 valence electrons. The molecular weight excluding hydrogens is 294 g/mol. The molecule has 4 rings (SSSR count). The quantitative estimate of drug-likeness (QED) is 0.819. The Kier molecular flexibility index (Phi) is 3.14. The Balaban J connectivity index is 1.61. The maximum atomic E-state index is 13.0. The highest BCUT2D eigenvalue weighted by Gasteiger charge is 2.54. The molecular formula is C17H19N3O3. The molecule has 2 N–H and O–H groups in total. The molecule has 1 saturated heterocycles. The summed E-state index contributed by atoms with van der Waals surface area (Å²) < 4.78 is 0. The van der Waals surface area contributed by atoms with E-state index in [1.54, 1.807) is 0 Å². The Morgan fingerprint density at radius 3 is 2.87 bits per heavy atom. The molecule has 1 atom stereocenters. The summed E-state index contributed by atoms with van der Waals surface area (Å²) in [4.78, 5) is 38.3. The van der Waals surface area contributed by atoms with E-state index in [2.05, 4.69) is 10.6 Å². The van der Waals surface area contributed by atoms with E-state index in [-0.39, 0.29) is 24.4 Å². The third-order valence-electron chi connectivity index (χ3n) is 4.89. The van der Waals surface area contributed by atoms with Crippen molar-refractivity contribution >= 4 is 17.8 Å². The number of amides is 4. The van der Waals surface area contributed by atoms with Gasteiger partial charge < -0.3 is 10.6 Å². The van der Waals surface area contributed by atoms with Crippen molar-refractivity contribution in [2.24, 2.45) is 0 Å². The predicted octanol–water partition coefficient (Wildman–Crippen LogP) is 1.05. The second-order valence-corrected chi connectivity index (χ2v) is 6.58. The number of nitrogens with zero attached hydrogens (tertiary/aromatic N) is 1. The molecule has 0 bridgehead atoms. The van der Waals surface area contributed by atoms with Crippen LogP contribution in [0.15, 0.2) is 24.3 Å². The fourth-order valence-corrected chi connectivity index (χ4v) is 3.60. The van der Waals surface area contributed by atoms with Crippen molar-refractivity contribution in [2.45, 2.75) is 43.7 Å². The molecule has 6 nitrogen and oxygen atoms in total. The van der Waals surface area contributed by atoms with Crippen LogP contribution in [0.3, 0.4) is 0 Å². The van der Waals surface area contributed by atoms with Crippen LogP contribution in [-0.2, 0) is 21.5 Å². The number of hydrogen-bond donors (Lipinski definition) is 2. The molecule has 0 aromatic heterocycles. The van der Waals surface area contributed by atoms with Crippen molar-refractivity contribution in [1.29, 1.82) is 0 Å². The summed E-state index contributed by atoms with van der Waals surface area (Å²) in [5, 5.41) is 5.68. The number of nitrogens with one attached hydrogen (secondary N) is 2. The zero-order chi connectivity index (χ0) is 16.0. The Morgan fingerprint density at radius 1 is 1.30 bits per heavy atom. The number of aryl methyl sites for hydroxylation is 1. The van der Waals surface area contributed by atoms with Gasteiger partial charge in [-0.3, -0.25) is 14.5 Å². The molecule has 2 aliphatic carbocycles. The molecule has 2 fully saturated rings.